The van der Waals surface area contributed by atoms with Crippen molar-refractivity contribution >= 4 is 28.5 Å². The van der Waals surface area contributed by atoms with E-state index in [1.54, 1.807) is 19.4 Å². The third kappa shape index (κ3) is 5.38. The van der Waals surface area contributed by atoms with Gasteiger partial charge in [-0.2, -0.15) is 0 Å². The molecule has 0 fully saturated rings. The molecule has 0 radical (unpaired) electrons. The predicted octanol–water partition coefficient (Wildman–Crippen LogP) is 4.29. The molecule has 0 unspecified atom stereocenters. The molecule has 1 N–H and O–H groups in total. The molecule has 1 amide bonds. The molecule has 128 valence electrons. The molecule has 0 atom stereocenters. The lowest BCUT2D eigenvalue weighted by atomic mass is 10.2. The number of unbranched alkanes of at least 4 members (excludes halogenated alkanes) is 1. The Labute approximate surface area is 146 Å². The molecule has 0 aliphatic heterocycles. The average molecular weight is 346 g/mol. The second-order valence-corrected chi connectivity index (χ2v) is 6.45. The summed E-state index contributed by atoms with van der Waals surface area (Å²) in [4.78, 5) is 17.1. The number of aromatic nitrogens is 1. The summed E-state index contributed by atoms with van der Waals surface area (Å²) in [5, 5.41) is 3.33. The van der Waals surface area contributed by atoms with Crippen molar-refractivity contribution in [2.24, 2.45) is 0 Å². The molecule has 6 heteroatoms. The van der Waals surface area contributed by atoms with Crippen molar-refractivity contribution in [1.82, 2.24) is 4.98 Å². The zero-order valence-electron chi connectivity index (χ0n) is 14.2. The number of carbonyl (C=O) groups excluding carboxylic acids is 1. The number of hydrogen-bond donors (Lipinski definition) is 1. The molecule has 5 nitrogen and oxygen atoms in total. The largest absolute Gasteiger partial charge is 0.493 e. The van der Waals surface area contributed by atoms with Crippen LogP contribution < -0.4 is 14.8 Å². The van der Waals surface area contributed by atoms with Gasteiger partial charge >= 0.3 is 0 Å². The van der Waals surface area contributed by atoms with Gasteiger partial charge in [-0.05, 0) is 37.1 Å². The van der Waals surface area contributed by atoms with Crippen molar-refractivity contribution in [2.75, 3.05) is 19.0 Å². The molecule has 0 aliphatic carbocycles. The Morgan fingerprint density at radius 3 is 2.88 bits per heavy atom. The summed E-state index contributed by atoms with van der Waals surface area (Å²) in [5.41, 5.74) is 0.861. The van der Waals surface area contributed by atoms with Crippen LogP contribution in [0.5, 0.6) is 11.5 Å². The van der Waals surface area contributed by atoms with Crippen LogP contribution in [-0.2, 0) is 4.79 Å². The number of thiazole rings is 1. The maximum Gasteiger partial charge on any atom is 0.250 e. The third-order valence-electron chi connectivity index (χ3n) is 3.22. The minimum Gasteiger partial charge on any atom is -0.493 e. The molecule has 1 aromatic carbocycles. The van der Waals surface area contributed by atoms with E-state index in [9.17, 15) is 4.79 Å². The minimum atomic E-state index is -0.216. The minimum absolute atomic E-state index is 0.216. The van der Waals surface area contributed by atoms with E-state index < -0.39 is 0 Å². The molecular weight excluding hydrogens is 324 g/mol. The van der Waals surface area contributed by atoms with Crippen LogP contribution in [0.1, 0.15) is 30.2 Å². The fraction of sp³-hybridized carbons (Fsp3) is 0.333. The van der Waals surface area contributed by atoms with Crippen LogP contribution in [0.4, 0.5) is 5.13 Å². The van der Waals surface area contributed by atoms with Gasteiger partial charge in [-0.3, -0.25) is 10.1 Å². The number of anilines is 1. The summed E-state index contributed by atoms with van der Waals surface area (Å²) >= 11 is 1.44. The van der Waals surface area contributed by atoms with E-state index in [1.165, 1.54) is 17.4 Å². The number of aryl methyl sites for hydroxylation is 1. The SMILES string of the molecule is CCCCOc1ccc(C=CC(=O)Nc2ncc(C)s2)cc1OC. The van der Waals surface area contributed by atoms with Gasteiger partial charge < -0.3 is 9.47 Å². The third-order valence-corrected chi connectivity index (χ3v) is 4.05. The molecule has 0 aliphatic rings. The molecule has 1 aromatic heterocycles. The first-order chi connectivity index (χ1) is 11.6. The van der Waals surface area contributed by atoms with Crippen LogP contribution in [0.15, 0.2) is 30.5 Å². The fourth-order valence-electron chi connectivity index (χ4n) is 1.97. The number of rotatable bonds is 8. The lowest BCUT2D eigenvalue weighted by Crippen LogP contribution is -2.07. The number of hydrogen-bond acceptors (Lipinski definition) is 5. The number of carbonyl (C=O) groups is 1. The smallest absolute Gasteiger partial charge is 0.250 e. The number of methoxy groups -OCH3 is 1. The number of nitrogens with one attached hydrogen (secondary N) is 1. The average Bonchev–Trinajstić information content (AvgIpc) is 2.98. The van der Waals surface area contributed by atoms with Crippen LogP contribution in [0.25, 0.3) is 6.08 Å². The zero-order chi connectivity index (χ0) is 17.4. The van der Waals surface area contributed by atoms with Gasteiger partial charge in [0.25, 0.3) is 0 Å². The topological polar surface area (TPSA) is 60.5 Å². The van der Waals surface area contributed by atoms with E-state index in [2.05, 4.69) is 17.2 Å². The molecule has 0 saturated heterocycles. The zero-order valence-corrected chi connectivity index (χ0v) is 15.0. The summed E-state index contributed by atoms with van der Waals surface area (Å²) in [6, 6.07) is 5.59. The Morgan fingerprint density at radius 1 is 1.38 bits per heavy atom. The molecule has 0 spiro atoms. The monoisotopic (exact) mass is 346 g/mol. The van der Waals surface area contributed by atoms with Crippen molar-refractivity contribution in [1.29, 1.82) is 0 Å². The molecule has 2 aromatic rings. The molecule has 0 saturated carbocycles. The highest BCUT2D eigenvalue weighted by Gasteiger charge is 2.05. The van der Waals surface area contributed by atoms with Crippen LogP contribution in [0.2, 0.25) is 0 Å². The van der Waals surface area contributed by atoms with E-state index in [4.69, 9.17) is 9.47 Å². The van der Waals surface area contributed by atoms with E-state index in [0.29, 0.717) is 23.2 Å². The fourth-order valence-corrected chi connectivity index (χ4v) is 2.63. The van der Waals surface area contributed by atoms with Gasteiger partial charge in [0, 0.05) is 17.2 Å². The van der Waals surface area contributed by atoms with Crippen LogP contribution in [0, 0.1) is 6.92 Å². The second-order valence-electron chi connectivity index (χ2n) is 5.21. The highest BCUT2D eigenvalue weighted by molar-refractivity contribution is 7.15. The lowest BCUT2D eigenvalue weighted by Gasteiger charge is -2.10. The van der Waals surface area contributed by atoms with Crippen molar-refractivity contribution in [2.45, 2.75) is 26.7 Å². The van der Waals surface area contributed by atoms with E-state index >= 15 is 0 Å². The molecule has 2 rings (SSSR count). The highest BCUT2D eigenvalue weighted by Crippen LogP contribution is 2.28. The van der Waals surface area contributed by atoms with Crippen LogP contribution in [-0.4, -0.2) is 24.6 Å². The number of ether oxygens (including phenoxy) is 2. The Morgan fingerprint density at radius 2 is 2.21 bits per heavy atom. The number of nitrogens with zero attached hydrogens (tertiary/aromatic N) is 1. The standard InChI is InChI=1S/C18H22N2O3S/c1-4-5-10-23-15-8-6-14(11-16(15)22-3)7-9-17(21)20-18-19-12-13(2)24-18/h6-9,11-12H,4-5,10H2,1-3H3,(H,19,20,21). The molecule has 24 heavy (non-hydrogen) atoms. The van der Waals surface area contributed by atoms with Gasteiger partial charge in [0.15, 0.2) is 16.6 Å². The van der Waals surface area contributed by atoms with Crippen molar-refractivity contribution in [3.8, 4) is 11.5 Å². The van der Waals surface area contributed by atoms with Gasteiger partial charge in [0.1, 0.15) is 0 Å². The van der Waals surface area contributed by atoms with Crippen molar-refractivity contribution in [3.63, 3.8) is 0 Å². The molecule has 0 bridgehead atoms. The van der Waals surface area contributed by atoms with Crippen LogP contribution in [0.3, 0.4) is 0 Å². The van der Waals surface area contributed by atoms with Gasteiger partial charge in [-0.25, -0.2) is 4.98 Å². The van der Waals surface area contributed by atoms with Gasteiger partial charge in [0.2, 0.25) is 5.91 Å². The first-order valence-corrected chi connectivity index (χ1v) is 8.66. The predicted molar refractivity (Wildman–Crippen MR) is 97.9 cm³/mol. The molecular formula is C18H22N2O3S. The number of benzene rings is 1. The van der Waals surface area contributed by atoms with Crippen molar-refractivity contribution < 1.29 is 14.3 Å². The van der Waals surface area contributed by atoms with Crippen LogP contribution >= 0.6 is 11.3 Å². The summed E-state index contributed by atoms with van der Waals surface area (Å²) in [7, 11) is 1.60. The van der Waals surface area contributed by atoms with E-state index in [1.807, 2.05) is 25.1 Å². The van der Waals surface area contributed by atoms with Gasteiger partial charge in [-0.15, -0.1) is 11.3 Å². The van der Waals surface area contributed by atoms with Gasteiger partial charge in [0.05, 0.1) is 13.7 Å². The summed E-state index contributed by atoms with van der Waals surface area (Å²) in [5.74, 6) is 1.15. The van der Waals surface area contributed by atoms with Gasteiger partial charge in [-0.1, -0.05) is 19.4 Å². The quantitative estimate of drug-likeness (QED) is 0.572. The summed E-state index contributed by atoms with van der Waals surface area (Å²) in [6.07, 6.45) is 7.02. The Bertz CT molecular complexity index is 710. The number of amides is 1. The maximum atomic E-state index is 11.9. The molecule has 1 heterocycles. The Hall–Kier alpha value is -2.34. The summed E-state index contributed by atoms with van der Waals surface area (Å²) in [6.45, 7) is 4.73. The lowest BCUT2D eigenvalue weighted by molar-refractivity contribution is -0.111. The van der Waals surface area contributed by atoms with Crippen molar-refractivity contribution in [3.05, 3.63) is 40.9 Å². The summed E-state index contributed by atoms with van der Waals surface area (Å²) < 4.78 is 11.0. The first kappa shape index (κ1) is 18.0. The first-order valence-electron chi connectivity index (χ1n) is 7.84. The Kier molecular flexibility index (Phi) is 6.81. The van der Waals surface area contributed by atoms with E-state index in [0.717, 1.165) is 23.3 Å². The van der Waals surface area contributed by atoms with E-state index in [-0.39, 0.29) is 5.91 Å². The maximum absolute atomic E-state index is 11.9. The second kappa shape index (κ2) is 9.08. The Balaban J connectivity index is 1.99. The normalized spacial score (nSPS) is 10.8. The highest BCUT2D eigenvalue weighted by atomic mass is 32.1.